The van der Waals surface area contributed by atoms with E-state index in [9.17, 15) is 23.8 Å². The van der Waals surface area contributed by atoms with Crippen LogP contribution in [0.2, 0.25) is 0 Å². The second-order valence-corrected chi connectivity index (χ2v) is 3.60. The molecular formula is C11H14ClF2NO4. The van der Waals surface area contributed by atoms with E-state index < -0.39 is 29.4 Å². The number of alkyl halides is 2. The molecule has 1 aromatic rings. The largest absolute Gasteiger partial charge is 0.508 e. The minimum atomic E-state index is -3.95. The summed E-state index contributed by atoms with van der Waals surface area (Å²) in [7, 11) is 0. The molecule has 19 heavy (non-hydrogen) atoms. The highest BCUT2D eigenvalue weighted by molar-refractivity contribution is 5.85. The van der Waals surface area contributed by atoms with E-state index in [1.807, 2.05) is 0 Å². The highest BCUT2D eigenvalue weighted by atomic mass is 35.5. The molecule has 0 saturated carbocycles. The maximum atomic E-state index is 13.6. The number of hydrogen-bond acceptors (Lipinski definition) is 5. The fraction of sp³-hybridized carbons (Fsp3) is 0.364. The van der Waals surface area contributed by atoms with Crippen LogP contribution < -0.4 is 5.73 Å². The first-order chi connectivity index (χ1) is 8.28. The van der Waals surface area contributed by atoms with E-state index >= 15 is 0 Å². The first kappa shape index (κ1) is 17.4. The van der Waals surface area contributed by atoms with Crippen molar-refractivity contribution in [1.29, 1.82) is 0 Å². The lowest BCUT2D eigenvalue weighted by molar-refractivity contribution is -0.174. The highest BCUT2D eigenvalue weighted by Gasteiger charge is 2.47. The van der Waals surface area contributed by atoms with Crippen LogP contribution in [0.15, 0.2) is 18.2 Å². The SMILES string of the molecule is CCOC(=O)C(F)(F)[C@H](N)c1cc(O)cc(O)c1.Cl. The third-order valence-corrected chi connectivity index (χ3v) is 2.22. The first-order valence-corrected chi connectivity index (χ1v) is 5.12. The molecule has 0 aliphatic carbocycles. The van der Waals surface area contributed by atoms with Crippen molar-refractivity contribution in [1.82, 2.24) is 0 Å². The number of esters is 1. The molecule has 1 atom stereocenters. The Morgan fingerprint density at radius 2 is 1.84 bits per heavy atom. The molecular weight excluding hydrogens is 284 g/mol. The molecule has 0 radical (unpaired) electrons. The predicted octanol–water partition coefficient (Wildman–Crippen LogP) is 1.72. The zero-order valence-electron chi connectivity index (χ0n) is 9.97. The van der Waals surface area contributed by atoms with Gasteiger partial charge in [0.2, 0.25) is 0 Å². The van der Waals surface area contributed by atoms with Gasteiger partial charge in [0, 0.05) is 6.07 Å². The monoisotopic (exact) mass is 297 g/mol. The Morgan fingerprint density at radius 3 is 2.26 bits per heavy atom. The van der Waals surface area contributed by atoms with Gasteiger partial charge in [-0.15, -0.1) is 12.4 Å². The van der Waals surface area contributed by atoms with Crippen LogP contribution in [-0.4, -0.2) is 28.7 Å². The van der Waals surface area contributed by atoms with Gasteiger partial charge in [-0.1, -0.05) is 0 Å². The van der Waals surface area contributed by atoms with Crippen molar-refractivity contribution >= 4 is 18.4 Å². The van der Waals surface area contributed by atoms with Crippen LogP contribution >= 0.6 is 12.4 Å². The van der Waals surface area contributed by atoms with Gasteiger partial charge in [-0.3, -0.25) is 0 Å². The Labute approximate surface area is 114 Å². The van der Waals surface area contributed by atoms with E-state index in [2.05, 4.69) is 4.74 Å². The van der Waals surface area contributed by atoms with Crippen LogP contribution in [0.5, 0.6) is 11.5 Å². The second-order valence-electron chi connectivity index (χ2n) is 3.60. The molecule has 8 heteroatoms. The highest BCUT2D eigenvalue weighted by Crippen LogP contribution is 2.33. The molecule has 0 aliphatic rings. The van der Waals surface area contributed by atoms with Crippen molar-refractivity contribution in [2.45, 2.75) is 18.9 Å². The Kier molecular flexibility index (Phi) is 5.98. The number of benzene rings is 1. The quantitative estimate of drug-likeness (QED) is 0.736. The number of carbonyl (C=O) groups is 1. The Bertz CT molecular complexity index is 436. The molecule has 0 amide bonds. The van der Waals surface area contributed by atoms with Crippen LogP contribution in [-0.2, 0) is 9.53 Å². The Morgan fingerprint density at radius 1 is 1.37 bits per heavy atom. The van der Waals surface area contributed by atoms with Gasteiger partial charge < -0.3 is 20.7 Å². The van der Waals surface area contributed by atoms with E-state index in [1.165, 1.54) is 6.92 Å². The van der Waals surface area contributed by atoms with E-state index in [4.69, 9.17) is 5.73 Å². The van der Waals surface area contributed by atoms with Gasteiger partial charge in [-0.25, -0.2) is 4.79 Å². The van der Waals surface area contributed by atoms with Crippen LogP contribution in [0.4, 0.5) is 8.78 Å². The van der Waals surface area contributed by atoms with Gasteiger partial charge in [0.15, 0.2) is 0 Å². The molecule has 0 bridgehead atoms. The molecule has 108 valence electrons. The van der Waals surface area contributed by atoms with Gasteiger partial charge in [0.1, 0.15) is 17.5 Å². The first-order valence-electron chi connectivity index (χ1n) is 5.12. The number of carbonyl (C=O) groups excluding carboxylic acids is 1. The van der Waals surface area contributed by atoms with Crippen LogP contribution in [0.25, 0.3) is 0 Å². The van der Waals surface area contributed by atoms with Crippen LogP contribution in [0, 0.1) is 0 Å². The van der Waals surface area contributed by atoms with E-state index in [0.29, 0.717) is 0 Å². The minimum Gasteiger partial charge on any atom is -0.508 e. The molecule has 1 aromatic carbocycles. The summed E-state index contributed by atoms with van der Waals surface area (Å²) >= 11 is 0. The molecule has 4 N–H and O–H groups in total. The average molecular weight is 298 g/mol. The van der Waals surface area contributed by atoms with Crippen LogP contribution in [0.1, 0.15) is 18.5 Å². The summed E-state index contributed by atoms with van der Waals surface area (Å²) in [6.45, 7) is 1.19. The normalized spacial score (nSPS) is 12.4. The number of aromatic hydroxyl groups is 2. The van der Waals surface area contributed by atoms with Crippen molar-refractivity contribution in [2.24, 2.45) is 5.73 Å². The third-order valence-electron chi connectivity index (χ3n) is 2.22. The molecule has 0 heterocycles. The topological polar surface area (TPSA) is 92.8 Å². The van der Waals surface area contributed by atoms with Crippen molar-refractivity contribution in [3.8, 4) is 11.5 Å². The summed E-state index contributed by atoms with van der Waals surface area (Å²) in [5.41, 5.74) is 5.00. The molecule has 0 aliphatic heterocycles. The van der Waals surface area contributed by atoms with E-state index in [0.717, 1.165) is 18.2 Å². The van der Waals surface area contributed by atoms with Gasteiger partial charge in [0.25, 0.3) is 0 Å². The van der Waals surface area contributed by atoms with Crippen molar-refractivity contribution < 1.29 is 28.5 Å². The summed E-state index contributed by atoms with van der Waals surface area (Å²) in [4.78, 5) is 11.1. The van der Waals surface area contributed by atoms with E-state index in [1.54, 1.807) is 0 Å². The summed E-state index contributed by atoms with van der Waals surface area (Å²) in [5, 5.41) is 18.3. The maximum Gasteiger partial charge on any atom is 0.379 e. The number of phenols is 2. The van der Waals surface area contributed by atoms with Crippen LogP contribution in [0.3, 0.4) is 0 Å². The molecule has 0 saturated heterocycles. The van der Waals surface area contributed by atoms with Gasteiger partial charge in [0.05, 0.1) is 6.61 Å². The van der Waals surface area contributed by atoms with Crippen molar-refractivity contribution in [3.05, 3.63) is 23.8 Å². The summed E-state index contributed by atoms with van der Waals surface area (Å²) in [6.07, 6.45) is 0. The zero-order chi connectivity index (χ0) is 13.9. The van der Waals surface area contributed by atoms with Crippen molar-refractivity contribution in [3.63, 3.8) is 0 Å². The fourth-order valence-electron chi connectivity index (χ4n) is 1.36. The third kappa shape index (κ3) is 3.93. The molecule has 5 nitrogen and oxygen atoms in total. The summed E-state index contributed by atoms with van der Waals surface area (Å²) < 4.78 is 31.4. The smallest absolute Gasteiger partial charge is 0.379 e. The standard InChI is InChI=1S/C11H13F2NO4.ClH/c1-2-18-10(17)11(12,13)9(14)6-3-7(15)5-8(16)4-6;/h3-5,9,15-16H,2,14H2,1H3;1H/t9-;/m1./s1. The molecule has 1 rings (SSSR count). The Balaban J connectivity index is 0.00000324. The number of nitrogens with two attached hydrogens (primary N) is 1. The number of ether oxygens (including phenoxy) is 1. The molecule has 0 unspecified atom stereocenters. The number of hydrogen-bond donors (Lipinski definition) is 3. The number of halogens is 3. The maximum absolute atomic E-state index is 13.6. The summed E-state index contributed by atoms with van der Waals surface area (Å²) in [6, 6.07) is 0.822. The molecule has 0 aromatic heterocycles. The average Bonchev–Trinajstić information content (AvgIpc) is 2.26. The molecule has 0 fully saturated rings. The summed E-state index contributed by atoms with van der Waals surface area (Å²) in [5.74, 6) is -6.56. The number of phenolic OH excluding ortho intramolecular Hbond substituents is 2. The van der Waals surface area contributed by atoms with Gasteiger partial charge in [-0.05, 0) is 24.6 Å². The van der Waals surface area contributed by atoms with Crippen molar-refractivity contribution in [2.75, 3.05) is 6.61 Å². The zero-order valence-corrected chi connectivity index (χ0v) is 10.8. The lowest BCUT2D eigenvalue weighted by atomic mass is 10.0. The lowest BCUT2D eigenvalue weighted by Crippen LogP contribution is -2.41. The minimum absolute atomic E-state index is 0. The number of rotatable bonds is 4. The predicted molar refractivity (Wildman–Crippen MR) is 65.5 cm³/mol. The fourth-order valence-corrected chi connectivity index (χ4v) is 1.36. The van der Waals surface area contributed by atoms with Gasteiger partial charge >= 0.3 is 11.9 Å². The molecule has 0 spiro atoms. The second kappa shape index (κ2) is 6.53. The van der Waals surface area contributed by atoms with E-state index in [-0.39, 0.29) is 24.6 Å². The van der Waals surface area contributed by atoms with Gasteiger partial charge in [-0.2, -0.15) is 8.78 Å². The Hall–Kier alpha value is -1.60. The lowest BCUT2D eigenvalue weighted by Gasteiger charge is -2.22.